The Kier molecular flexibility index (Phi) is 8.68. The van der Waals surface area contributed by atoms with E-state index in [9.17, 15) is 5.11 Å². The van der Waals surface area contributed by atoms with Gasteiger partial charge in [0.15, 0.2) is 0 Å². The van der Waals surface area contributed by atoms with Gasteiger partial charge >= 0.3 is 0 Å². The molecule has 0 unspecified atom stereocenters. The van der Waals surface area contributed by atoms with Crippen molar-refractivity contribution < 1.29 is 19.0 Å². The average molecular weight is 361 g/mol. The van der Waals surface area contributed by atoms with E-state index >= 15 is 0 Å². The van der Waals surface area contributed by atoms with Gasteiger partial charge in [-0.1, -0.05) is 32.0 Å². The van der Waals surface area contributed by atoms with E-state index < -0.39 is 6.10 Å². The molecule has 0 aliphatic carbocycles. The Hall–Kier alpha value is -1.82. The van der Waals surface area contributed by atoms with Crippen LogP contribution in [0.5, 0.6) is 5.75 Å². The van der Waals surface area contributed by atoms with E-state index in [4.69, 9.17) is 13.9 Å². The van der Waals surface area contributed by atoms with Crippen LogP contribution in [-0.4, -0.2) is 42.9 Å². The number of rotatable bonds is 12. The van der Waals surface area contributed by atoms with Crippen molar-refractivity contribution in [1.82, 2.24) is 4.90 Å². The Morgan fingerprint density at radius 3 is 2.65 bits per heavy atom. The Bertz CT molecular complexity index is 612. The van der Waals surface area contributed by atoms with Gasteiger partial charge in [-0.3, -0.25) is 4.90 Å². The van der Waals surface area contributed by atoms with Crippen LogP contribution in [0.3, 0.4) is 0 Å². The summed E-state index contributed by atoms with van der Waals surface area (Å²) in [5.41, 5.74) is 1.13. The zero-order valence-electron chi connectivity index (χ0n) is 16.1. The van der Waals surface area contributed by atoms with Crippen LogP contribution >= 0.6 is 0 Å². The summed E-state index contributed by atoms with van der Waals surface area (Å²) in [4.78, 5) is 2.26. The zero-order chi connectivity index (χ0) is 18.8. The number of aliphatic hydroxyl groups excluding tert-OH is 1. The van der Waals surface area contributed by atoms with E-state index in [0.717, 1.165) is 36.6 Å². The van der Waals surface area contributed by atoms with Crippen molar-refractivity contribution in [3.05, 3.63) is 54.0 Å². The molecule has 1 aromatic carbocycles. The number of benzene rings is 1. The molecule has 0 spiro atoms. The van der Waals surface area contributed by atoms with E-state index in [1.165, 1.54) is 0 Å². The van der Waals surface area contributed by atoms with Gasteiger partial charge in [0, 0.05) is 18.7 Å². The van der Waals surface area contributed by atoms with Crippen LogP contribution in [0.1, 0.15) is 31.6 Å². The number of para-hydroxylation sites is 1. The smallest absolute Gasteiger partial charge is 0.129 e. The minimum absolute atomic E-state index is 0.283. The molecular formula is C21H31NO4. The van der Waals surface area contributed by atoms with Crippen molar-refractivity contribution in [2.24, 2.45) is 5.92 Å². The lowest BCUT2D eigenvalue weighted by molar-refractivity contribution is 0.00317. The highest BCUT2D eigenvalue weighted by atomic mass is 16.5. The van der Waals surface area contributed by atoms with Crippen molar-refractivity contribution in [3.63, 3.8) is 0 Å². The van der Waals surface area contributed by atoms with Crippen molar-refractivity contribution in [2.45, 2.75) is 39.5 Å². The van der Waals surface area contributed by atoms with Gasteiger partial charge in [-0.2, -0.15) is 0 Å². The molecule has 5 heteroatoms. The molecule has 2 rings (SSSR count). The molecule has 0 aliphatic rings. The van der Waals surface area contributed by atoms with Gasteiger partial charge in [0.1, 0.15) is 18.1 Å². The number of nitrogens with zero attached hydrogens (tertiary/aromatic N) is 1. The summed E-state index contributed by atoms with van der Waals surface area (Å²) in [5, 5.41) is 10.4. The first kappa shape index (κ1) is 20.5. The maximum absolute atomic E-state index is 10.4. The largest absolute Gasteiger partial charge is 0.496 e. The molecule has 1 aromatic heterocycles. The maximum Gasteiger partial charge on any atom is 0.129 e. The maximum atomic E-state index is 10.4. The topological polar surface area (TPSA) is 55.1 Å². The van der Waals surface area contributed by atoms with E-state index in [2.05, 4.69) is 24.8 Å². The van der Waals surface area contributed by atoms with Crippen molar-refractivity contribution in [1.29, 1.82) is 0 Å². The van der Waals surface area contributed by atoms with Gasteiger partial charge in [-0.05, 0) is 37.1 Å². The molecule has 2 aromatic rings. The molecule has 0 radical (unpaired) electrons. The summed E-state index contributed by atoms with van der Waals surface area (Å²) >= 11 is 0. The summed E-state index contributed by atoms with van der Waals surface area (Å²) in [7, 11) is 1.69. The summed E-state index contributed by atoms with van der Waals surface area (Å²) in [5.74, 6) is 2.26. The normalized spacial score (nSPS) is 12.7. The minimum Gasteiger partial charge on any atom is -0.496 e. The second-order valence-corrected chi connectivity index (χ2v) is 6.98. The van der Waals surface area contributed by atoms with E-state index in [1.807, 2.05) is 30.3 Å². The molecule has 144 valence electrons. The fourth-order valence-electron chi connectivity index (χ4n) is 2.79. The third-order valence-electron chi connectivity index (χ3n) is 4.21. The molecule has 1 N–H and O–H groups in total. The van der Waals surface area contributed by atoms with Crippen LogP contribution in [0.2, 0.25) is 0 Å². The molecule has 0 saturated carbocycles. The standard InChI is InChI=1S/C21H31NO4/c1-17(2)10-11-22(13-18-7-4-5-9-21(18)24-3)14-19(23)15-25-16-20-8-6-12-26-20/h4-9,12,17,19,23H,10-11,13-16H2,1-3H3/t19-/m1/s1. The van der Waals surface area contributed by atoms with Gasteiger partial charge in [-0.25, -0.2) is 0 Å². The van der Waals surface area contributed by atoms with Crippen LogP contribution in [0, 0.1) is 5.92 Å². The monoisotopic (exact) mass is 361 g/mol. The molecule has 0 aliphatic heterocycles. The second-order valence-electron chi connectivity index (χ2n) is 6.98. The predicted octanol–water partition coefficient (Wildman–Crippen LogP) is 3.71. The van der Waals surface area contributed by atoms with Crippen LogP contribution in [-0.2, 0) is 17.9 Å². The predicted molar refractivity (Wildman–Crippen MR) is 102 cm³/mol. The number of hydrogen-bond acceptors (Lipinski definition) is 5. The Balaban J connectivity index is 1.88. The highest BCUT2D eigenvalue weighted by Gasteiger charge is 2.15. The number of ether oxygens (including phenoxy) is 2. The van der Waals surface area contributed by atoms with Gasteiger partial charge in [0.05, 0.1) is 26.1 Å². The third kappa shape index (κ3) is 7.20. The van der Waals surface area contributed by atoms with E-state index in [-0.39, 0.29) is 6.61 Å². The molecule has 0 saturated heterocycles. The molecule has 0 amide bonds. The summed E-state index contributed by atoms with van der Waals surface area (Å²) < 4.78 is 16.3. The molecule has 5 nitrogen and oxygen atoms in total. The minimum atomic E-state index is -0.549. The highest BCUT2D eigenvalue weighted by molar-refractivity contribution is 5.33. The lowest BCUT2D eigenvalue weighted by Gasteiger charge is -2.26. The third-order valence-corrected chi connectivity index (χ3v) is 4.21. The number of hydrogen-bond donors (Lipinski definition) is 1. The van der Waals surface area contributed by atoms with E-state index in [1.54, 1.807) is 13.4 Å². The Labute approximate surface area is 156 Å². The molecule has 1 atom stereocenters. The first-order chi connectivity index (χ1) is 12.6. The molecule has 0 bridgehead atoms. The van der Waals surface area contributed by atoms with Gasteiger partial charge in [-0.15, -0.1) is 0 Å². The van der Waals surface area contributed by atoms with Gasteiger partial charge < -0.3 is 19.0 Å². The Morgan fingerprint density at radius 1 is 1.15 bits per heavy atom. The Morgan fingerprint density at radius 2 is 1.96 bits per heavy atom. The van der Waals surface area contributed by atoms with Crippen LogP contribution < -0.4 is 4.74 Å². The average Bonchev–Trinajstić information content (AvgIpc) is 3.13. The lowest BCUT2D eigenvalue weighted by Crippen LogP contribution is -2.35. The van der Waals surface area contributed by atoms with Crippen molar-refractivity contribution in [3.8, 4) is 5.75 Å². The molecule has 1 heterocycles. The van der Waals surface area contributed by atoms with Gasteiger partial charge in [0.2, 0.25) is 0 Å². The second kappa shape index (κ2) is 11.0. The van der Waals surface area contributed by atoms with Crippen molar-refractivity contribution >= 4 is 0 Å². The highest BCUT2D eigenvalue weighted by Crippen LogP contribution is 2.20. The molecule has 0 fully saturated rings. The van der Waals surface area contributed by atoms with Gasteiger partial charge in [0.25, 0.3) is 0 Å². The number of aliphatic hydroxyl groups is 1. The first-order valence-corrected chi connectivity index (χ1v) is 9.21. The van der Waals surface area contributed by atoms with Crippen molar-refractivity contribution in [2.75, 3.05) is 26.8 Å². The number of furan rings is 1. The summed E-state index contributed by atoms with van der Waals surface area (Å²) in [6.45, 7) is 7.31. The van der Waals surface area contributed by atoms with Crippen LogP contribution in [0.4, 0.5) is 0 Å². The fraction of sp³-hybridized carbons (Fsp3) is 0.524. The number of methoxy groups -OCH3 is 1. The fourth-order valence-corrected chi connectivity index (χ4v) is 2.79. The summed E-state index contributed by atoms with van der Waals surface area (Å²) in [6.07, 6.45) is 2.15. The van der Waals surface area contributed by atoms with Crippen LogP contribution in [0.25, 0.3) is 0 Å². The zero-order valence-corrected chi connectivity index (χ0v) is 16.1. The summed E-state index contributed by atoms with van der Waals surface area (Å²) in [6, 6.07) is 11.7. The quantitative estimate of drug-likeness (QED) is 0.624. The first-order valence-electron chi connectivity index (χ1n) is 9.21. The lowest BCUT2D eigenvalue weighted by atomic mass is 10.1. The molecule has 26 heavy (non-hydrogen) atoms. The molecular weight excluding hydrogens is 330 g/mol. The van der Waals surface area contributed by atoms with Crippen LogP contribution in [0.15, 0.2) is 47.1 Å². The van der Waals surface area contributed by atoms with E-state index in [0.29, 0.717) is 19.1 Å². The SMILES string of the molecule is COc1ccccc1CN(CCC(C)C)C[C@@H](O)COCc1ccco1.